The molecule has 0 aliphatic carbocycles. The van der Waals surface area contributed by atoms with Crippen LogP contribution in [0.4, 0.5) is 5.69 Å². The lowest BCUT2D eigenvalue weighted by Gasteiger charge is -2.11. The first-order valence-corrected chi connectivity index (χ1v) is 8.96. The van der Waals surface area contributed by atoms with Crippen LogP contribution in [0, 0.1) is 10.1 Å². The van der Waals surface area contributed by atoms with Crippen molar-refractivity contribution in [3.8, 4) is 11.5 Å². The summed E-state index contributed by atoms with van der Waals surface area (Å²) in [7, 11) is 0. The third kappa shape index (κ3) is 4.49. The second-order valence-electron chi connectivity index (χ2n) is 6.20. The molecule has 0 heterocycles. The maximum Gasteiger partial charge on any atom is 0.275 e. The van der Waals surface area contributed by atoms with E-state index in [9.17, 15) is 20.0 Å². The number of nitro benzene ring substituents is 1. The molecule has 8 heteroatoms. The van der Waals surface area contributed by atoms with Gasteiger partial charge < -0.3 is 9.84 Å². The first-order valence-electron chi connectivity index (χ1n) is 8.96. The first-order chi connectivity index (χ1) is 14.0. The second-order valence-corrected chi connectivity index (χ2v) is 6.20. The molecular formula is C21H19N3O5. The van der Waals surface area contributed by atoms with Gasteiger partial charge in [-0.15, -0.1) is 0 Å². The van der Waals surface area contributed by atoms with Crippen molar-refractivity contribution in [1.82, 2.24) is 5.43 Å². The van der Waals surface area contributed by atoms with E-state index in [0.717, 1.165) is 35.4 Å². The summed E-state index contributed by atoms with van der Waals surface area (Å²) in [6.07, 6.45) is 2.30. The lowest BCUT2D eigenvalue weighted by Crippen LogP contribution is -2.18. The van der Waals surface area contributed by atoms with Gasteiger partial charge in [0.2, 0.25) is 0 Å². The molecule has 1 amide bonds. The average molecular weight is 393 g/mol. The highest BCUT2D eigenvalue weighted by Crippen LogP contribution is 2.27. The van der Waals surface area contributed by atoms with E-state index < -0.39 is 10.8 Å². The first kappa shape index (κ1) is 19.8. The van der Waals surface area contributed by atoms with Crippen LogP contribution in [0.1, 0.15) is 29.3 Å². The summed E-state index contributed by atoms with van der Waals surface area (Å²) in [6, 6.07) is 14.7. The Balaban J connectivity index is 1.88. The SMILES string of the molecule is CCCOc1ccc2ccccc2c1/C=N\NC(=O)c1cc([N+](=O)[O-])ccc1O. The normalized spacial score (nSPS) is 10.9. The molecule has 148 valence electrons. The number of nitrogens with zero attached hydrogens (tertiary/aromatic N) is 2. The van der Waals surface area contributed by atoms with Gasteiger partial charge in [-0.25, -0.2) is 5.43 Å². The fraction of sp³-hybridized carbons (Fsp3) is 0.143. The van der Waals surface area contributed by atoms with Crippen molar-refractivity contribution in [2.75, 3.05) is 6.61 Å². The van der Waals surface area contributed by atoms with E-state index in [1.165, 1.54) is 6.21 Å². The standard InChI is InChI=1S/C21H19N3O5/c1-2-11-29-20-10-7-14-5-3-4-6-16(14)18(20)13-22-23-21(26)17-12-15(24(27)28)8-9-19(17)25/h3-10,12-13,25H,2,11H2,1H3,(H,23,26)/b22-13-. The molecule has 0 saturated heterocycles. The van der Waals surface area contributed by atoms with Crippen LogP contribution in [0.15, 0.2) is 59.7 Å². The lowest BCUT2D eigenvalue weighted by molar-refractivity contribution is -0.384. The maximum atomic E-state index is 12.3. The van der Waals surface area contributed by atoms with Gasteiger partial charge in [0.25, 0.3) is 11.6 Å². The minimum Gasteiger partial charge on any atom is -0.507 e. The van der Waals surface area contributed by atoms with Gasteiger partial charge in [-0.2, -0.15) is 5.10 Å². The predicted octanol–water partition coefficient (Wildman–Crippen LogP) is 4.01. The molecule has 3 rings (SSSR count). The molecule has 3 aromatic carbocycles. The third-order valence-electron chi connectivity index (χ3n) is 4.19. The van der Waals surface area contributed by atoms with Crippen LogP contribution in [0.3, 0.4) is 0 Å². The Morgan fingerprint density at radius 3 is 2.79 bits per heavy atom. The van der Waals surface area contributed by atoms with Crippen molar-refractivity contribution in [3.05, 3.63) is 75.8 Å². The van der Waals surface area contributed by atoms with Crippen LogP contribution in [-0.4, -0.2) is 28.8 Å². The smallest absolute Gasteiger partial charge is 0.275 e. The Morgan fingerprint density at radius 1 is 1.24 bits per heavy atom. The summed E-state index contributed by atoms with van der Waals surface area (Å²) >= 11 is 0. The molecule has 0 unspecified atom stereocenters. The minimum atomic E-state index is -0.765. The highest BCUT2D eigenvalue weighted by molar-refractivity contribution is 6.03. The third-order valence-corrected chi connectivity index (χ3v) is 4.19. The largest absolute Gasteiger partial charge is 0.507 e. The average Bonchev–Trinajstić information content (AvgIpc) is 2.72. The van der Waals surface area contributed by atoms with Crippen molar-refractivity contribution in [3.63, 3.8) is 0 Å². The number of ether oxygens (including phenoxy) is 1. The zero-order valence-electron chi connectivity index (χ0n) is 15.7. The van der Waals surface area contributed by atoms with E-state index >= 15 is 0 Å². The van der Waals surface area contributed by atoms with Gasteiger partial charge >= 0.3 is 0 Å². The van der Waals surface area contributed by atoms with Crippen molar-refractivity contribution < 1.29 is 19.6 Å². The number of rotatable bonds is 7. The summed E-state index contributed by atoms with van der Waals surface area (Å²) in [4.78, 5) is 22.5. The minimum absolute atomic E-state index is 0.239. The fourth-order valence-electron chi connectivity index (χ4n) is 2.78. The molecule has 0 bridgehead atoms. The molecule has 0 radical (unpaired) electrons. The Bertz CT molecular complexity index is 1090. The van der Waals surface area contributed by atoms with Gasteiger partial charge in [-0.3, -0.25) is 14.9 Å². The molecule has 0 aromatic heterocycles. The van der Waals surface area contributed by atoms with Crippen LogP contribution >= 0.6 is 0 Å². The number of phenolic OH excluding ortho intramolecular Hbond substituents is 1. The van der Waals surface area contributed by atoms with E-state index in [1.54, 1.807) is 0 Å². The van der Waals surface area contributed by atoms with Crippen molar-refractivity contribution in [2.45, 2.75) is 13.3 Å². The number of hydrazone groups is 1. The van der Waals surface area contributed by atoms with E-state index in [4.69, 9.17) is 4.74 Å². The van der Waals surface area contributed by atoms with Gasteiger partial charge in [0.15, 0.2) is 0 Å². The maximum absolute atomic E-state index is 12.3. The number of nitrogens with one attached hydrogen (secondary N) is 1. The number of carbonyl (C=O) groups excluding carboxylic acids is 1. The van der Waals surface area contributed by atoms with Crippen LogP contribution < -0.4 is 10.2 Å². The molecule has 0 saturated carbocycles. The fourth-order valence-corrected chi connectivity index (χ4v) is 2.78. The summed E-state index contributed by atoms with van der Waals surface area (Å²) in [5.41, 5.74) is 2.45. The number of amides is 1. The van der Waals surface area contributed by atoms with Gasteiger partial charge in [-0.05, 0) is 29.3 Å². The molecule has 0 aliphatic rings. The number of non-ortho nitro benzene ring substituents is 1. The van der Waals surface area contributed by atoms with Gasteiger partial charge in [0.05, 0.1) is 23.3 Å². The van der Waals surface area contributed by atoms with E-state index in [-0.39, 0.29) is 17.0 Å². The monoisotopic (exact) mass is 393 g/mol. The molecular weight excluding hydrogens is 374 g/mol. The van der Waals surface area contributed by atoms with Crippen LogP contribution in [0.2, 0.25) is 0 Å². The number of carbonyl (C=O) groups is 1. The number of aromatic hydroxyl groups is 1. The van der Waals surface area contributed by atoms with Crippen LogP contribution in [-0.2, 0) is 0 Å². The molecule has 8 nitrogen and oxygen atoms in total. The Kier molecular flexibility index (Phi) is 6.03. The van der Waals surface area contributed by atoms with Gasteiger partial charge in [0.1, 0.15) is 11.5 Å². The number of benzene rings is 3. The Hall–Kier alpha value is -3.94. The Morgan fingerprint density at radius 2 is 2.03 bits per heavy atom. The molecule has 2 N–H and O–H groups in total. The lowest BCUT2D eigenvalue weighted by atomic mass is 10.0. The zero-order valence-corrected chi connectivity index (χ0v) is 15.7. The van der Waals surface area contributed by atoms with Gasteiger partial charge in [0, 0.05) is 17.7 Å². The molecule has 29 heavy (non-hydrogen) atoms. The molecule has 0 fully saturated rings. The zero-order chi connectivity index (χ0) is 20.8. The predicted molar refractivity (Wildman–Crippen MR) is 110 cm³/mol. The molecule has 0 atom stereocenters. The topological polar surface area (TPSA) is 114 Å². The van der Waals surface area contributed by atoms with Crippen molar-refractivity contribution >= 4 is 28.6 Å². The second kappa shape index (κ2) is 8.83. The van der Waals surface area contributed by atoms with Crippen LogP contribution in [0.25, 0.3) is 10.8 Å². The summed E-state index contributed by atoms with van der Waals surface area (Å²) < 4.78 is 5.78. The molecule has 3 aromatic rings. The van der Waals surface area contributed by atoms with Gasteiger partial charge in [-0.1, -0.05) is 37.3 Å². The summed E-state index contributed by atoms with van der Waals surface area (Å²) in [5, 5.41) is 26.6. The van der Waals surface area contributed by atoms with Crippen molar-refractivity contribution in [1.29, 1.82) is 0 Å². The number of phenols is 1. The summed E-state index contributed by atoms with van der Waals surface area (Å²) in [5.74, 6) is -0.513. The number of fused-ring (bicyclic) bond motifs is 1. The molecule has 0 aliphatic heterocycles. The number of nitro groups is 1. The number of hydrogen-bond donors (Lipinski definition) is 2. The highest BCUT2D eigenvalue weighted by atomic mass is 16.6. The highest BCUT2D eigenvalue weighted by Gasteiger charge is 2.16. The Labute approximate surface area is 166 Å². The van der Waals surface area contributed by atoms with E-state index in [1.807, 2.05) is 43.3 Å². The quantitative estimate of drug-likeness (QED) is 0.358. The van der Waals surface area contributed by atoms with Crippen LogP contribution in [0.5, 0.6) is 11.5 Å². The van der Waals surface area contributed by atoms with E-state index in [2.05, 4.69) is 10.5 Å². The van der Waals surface area contributed by atoms with Crippen molar-refractivity contribution in [2.24, 2.45) is 5.10 Å². The van der Waals surface area contributed by atoms with E-state index in [0.29, 0.717) is 17.9 Å². The number of hydrogen-bond acceptors (Lipinski definition) is 6. The summed E-state index contributed by atoms with van der Waals surface area (Å²) in [6.45, 7) is 2.54. The molecule has 0 spiro atoms.